The minimum absolute atomic E-state index is 0.0318. The summed E-state index contributed by atoms with van der Waals surface area (Å²) >= 11 is 7.00. The first kappa shape index (κ1) is 26.9. The lowest BCUT2D eigenvalue weighted by Gasteiger charge is -2.21. The molecule has 6 nitrogen and oxygen atoms in total. The molecule has 1 amide bonds. The number of ether oxygens (including phenoxy) is 2. The molecule has 0 aliphatic carbocycles. The van der Waals surface area contributed by atoms with Crippen molar-refractivity contribution in [1.82, 2.24) is 14.7 Å². The van der Waals surface area contributed by atoms with Gasteiger partial charge >= 0.3 is 0 Å². The number of carbonyl (C=O) groups is 1. The molecule has 0 spiro atoms. The zero-order valence-corrected chi connectivity index (χ0v) is 23.4. The molecule has 194 valence electrons. The Morgan fingerprint density at radius 3 is 2.51 bits per heavy atom. The third-order valence-electron chi connectivity index (χ3n) is 6.56. The van der Waals surface area contributed by atoms with Crippen molar-refractivity contribution in [2.75, 3.05) is 20.8 Å². The number of para-hydroxylation sites is 1. The standard InChI is InChI=1S/C29H33N3O3S2/c1-5-7-11-20(6-2)18-31-28(33)26(37-29(31)36)17-22-19-32(23-12-9-8-10-13-23)30-27(22)21-14-15-24(34-3)25(16-21)35-4/h8-10,12-17,19-20H,5-7,11,18H2,1-4H3/b26-17-/t20-/m1/s1. The van der Waals surface area contributed by atoms with E-state index in [9.17, 15) is 4.79 Å². The Balaban J connectivity index is 1.72. The first-order valence-corrected chi connectivity index (χ1v) is 13.8. The fraction of sp³-hybridized carbons (Fsp3) is 0.345. The van der Waals surface area contributed by atoms with Crippen LogP contribution in [0.15, 0.2) is 59.6 Å². The number of thioether (sulfide) groups is 1. The average molecular weight is 536 g/mol. The van der Waals surface area contributed by atoms with Crippen LogP contribution in [-0.4, -0.2) is 45.7 Å². The van der Waals surface area contributed by atoms with Crippen LogP contribution in [-0.2, 0) is 4.79 Å². The molecule has 0 radical (unpaired) electrons. The highest BCUT2D eigenvalue weighted by molar-refractivity contribution is 8.26. The average Bonchev–Trinajstić information content (AvgIpc) is 3.47. The van der Waals surface area contributed by atoms with Crippen molar-refractivity contribution < 1.29 is 14.3 Å². The van der Waals surface area contributed by atoms with Gasteiger partial charge in [-0.05, 0) is 48.7 Å². The van der Waals surface area contributed by atoms with Crippen molar-refractivity contribution in [3.63, 3.8) is 0 Å². The molecular formula is C29H33N3O3S2. The van der Waals surface area contributed by atoms with Crippen LogP contribution in [0.3, 0.4) is 0 Å². The summed E-state index contributed by atoms with van der Waals surface area (Å²) < 4.78 is 13.4. The minimum atomic E-state index is -0.0318. The van der Waals surface area contributed by atoms with Crippen molar-refractivity contribution in [1.29, 1.82) is 0 Å². The third kappa shape index (κ3) is 6.08. The van der Waals surface area contributed by atoms with E-state index in [1.54, 1.807) is 19.1 Å². The molecule has 2 heterocycles. The van der Waals surface area contributed by atoms with Gasteiger partial charge in [0.25, 0.3) is 5.91 Å². The zero-order chi connectivity index (χ0) is 26.4. The van der Waals surface area contributed by atoms with E-state index in [1.165, 1.54) is 11.8 Å². The SMILES string of the molecule is CCCC[C@@H](CC)CN1C(=O)/C(=C/c2cn(-c3ccccc3)nc2-c2ccc(OC)c(OC)c2)SC1=S. The predicted octanol–water partition coefficient (Wildman–Crippen LogP) is 6.97. The summed E-state index contributed by atoms with van der Waals surface area (Å²) in [5.41, 5.74) is 3.36. The lowest BCUT2D eigenvalue weighted by Crippen LogP contribution is -2.33. The summed E-state index contributed by atoms with van der Waals surface area (Å²) in [6, 6.07) is 15.6. The van der Waals surface area contributed by atoms with E-state index in [0.717, 1.165) is 48.2 Å². The topological polar surface area (TPSA) is 56.6 Å². The van der Waals surface area contributed by atoms with Crippen LogP contribution < -0.4 is 9.47 Å². The van der Waals surface area contributed by atoms with E-state index in [1.807, 2.05) is 65.5 Å². The number of aromatic nitrogens is 2. The van der Waals surface area contributed by atoms with Crippen molar-refractivity contribution in [3.8, 4) is 28.4 Å². The molecule has 1 aliphatic rings. The Morgan fingerprint density at radius 2 is 1.84 bits per heavy atom. The molecule has 8 heteroatoms. The van der Waals surface area contributed by atoms with Gasteiger partial charge in [0.1, 0.15) is 10.0 Å². The molecule has 0 unspecified atom stereocenters. The molecule has 4 rings (SSSR count). The summed E-state index contributed by atoms with van der Waals surface area (Å²) in [5.74, 6) is 1.68. The van der Waals surface area contributed by atoms with Gasteiger partial charge in [-0.3, -0.25) is 9.69 Å². The van der Waals surface area contributed by atoms with E-state index in [2.05, 4.69) is 13.8 Å². The molecule has 0 saturated carbocycles. The smallest absolute Gasteiger partial charge is 0.266 e. The Morgan fingerprint density at radius 1 is 1.08 bits per heavy atom. The maximum absolute atomic E-state index is 13.4. The summed E-state index contributed by atoms with van der Waals surface area (Å²) in [4.78, 5) is 15.8. The number of benzene rings is 2. The number of carbonyl (C=O) groups excluding carboxylic acids is 1. The number of hydrogen-bond donors (Lipinski definition) is 0. The molecule has 1 saturated heterocycles. The van der Waals surface area contributed by atoms with Crippen molar-refractivity contribution >= 4 is 40.3 Å². The molecule has 1 fully saturated rings. The largest absolute Gasteiger partial charge is 0.493 e. The summed E-state index contributed by atoms with van der Waals surface area (Å²) in [6.45, 7) is 5.05. The van der Waals surface area contributed by atoms with Crippen LogP contribution in [0, 0.1) is 5.92 Å². The molecule has 0 N–H and O–H groups in total. The Hall–Kier alpha value is -3.10. The summed E-state index contributed by atoms with van der Waals surface area (Å²) in [7, 11) is 3.22. The second kappa shape index (κ2) is 12.4. The highest BCUT2D eigenvalue weighted by Crippen LogP contribution is 2.37. The second-order valence-electron chi connectivity index (χ2n) is 8.99. The van der Waals surface area contributed by atoms with E-state index in [-0.39, 0.29) is 5.91 Å². The molecule has 37 heavy (non-hydrogen) atoms. The molecule has 1 atom stereocenters. The normalized spacial score (nSPS) is 15.5. The molecule has 1 aliphatic heterocycles. The third-order valence-corrected chi connectivity index (χ3v) is 7.94. The van der Waals surface area contributed by atoms with Crippen LogP contribution >= 0.6 is 24.0 Å². The van der Waals surface area contributed by atoms with Gasteiger partial charge < -0.3 is 9.47 Å². The number of methoxy groups -OCH3 is 2. The monoisotopic (exact) mass is 535 g/mol. The number of rotatable bonds is 11. The van der Waals surface area contributed by atoms with E-state index >= 15 is 0 Å². The quantitative estimate of drug-likeness (QED) is 0.195. The molecule has 3 aromatic rings. The lowest BCUT2D eigenvalue weighted by molar-refractivity contribution is -0.122. The van der Waals surface area contributed by atoms with Gasteiger partial charge in [-0.25, -0.2) is 4.68 Å². The summed E-state index contributed by atoms with van der Waals surface area (Å²) in [5, 5.41) is 4.89. The van der Waals surface area contributed by atoms with Gasteiger partial charge in [0.15, 0.2) is 11.5 Å². The minimum Gasteiger partial charge on any atom is -0.493 e. The fourth-order valence-electron chi connectivity index (χ4n) is 4.39. The van der Waals surface area contributed by atoms with Crippen LogP contribution in [0.4, 0.5) is 0 Å². The first-order valence-electron chi connectivity index (χ1n) is 12.6. The van der Waals surface area contributed by atoms with Crippen LogP contribution in [0.2, 0.25) is 0 Å². The van der Waals surface area contributed by atoms with Crippen molar-refractivity contribution in [2.45, 2.75) is 39.5 Å². The molecular weight excluding hydrogens is 502 g/mol. The van der Waals surface area contributed by atoms with Crippen LogP contribution in [0.1, 0.15) is 45.1 Å². The number of hydrogen-bond acceptors (Lipinski definition) is 6. The van der Waals surface area contributed by atoms with E-state index in [0.29, 0.717) is 33.2 Å². The maximum Gasteiger partial charge on any atom is 0.266 e. The Kier molecular flexibility index (Phi) is 9.05. The maximum atomic E-state index is 13.4. The molecule has 0 bridgehead atoms. The van der Waals surface area contributed by atoms with Crippen molar-refractivity contribution in [3.05, 3.63) is 65.2 Å². The van der Waals surface area contributed by atoms with Gasteiger partial charge in [-0.1, -0.05) is 75.3 Å². The van der Waals surface area contributed by atoms with Crippen molar-refractivity contribution in [2.24, 2.45) is 5.92 Å². The number of nitrogens with zero attached hydrogens (tertiary/aromatic N) is 3. The summed E-state index contributed by atoms with van der Waals surface area (Å²) in [6.07, 6.45) is 8.31. The Bertz CT molecular complexity index is 1290. The second-order valence-corrected chi connectivity index (χ2v) is 10.7. The van der Waals surface area contributed by atoms with Crippen LogP contribution in [0.5, 0.6) is 11.5 Å². The first-order chi connectivity index (χ1) is 18.0. The number of amides is 1. The fourth-order valence-corrected chi connectivity index (χ4v) is 5.65. The number of thiocarbonyl (C=S) groups is 1. The number of unbranched alkanes of at least 4 members (excludes halogenated alkanes) is 1. The highest BCUT2D eigenvalue weighted by Gasteiger charge is 2.33. The van der Waals surface area contributed by atoms with Gasteiger partial charge in [0, 0.05) is 23.9 Å². The van der Waals surface area contributed by atoms with E-state index in [4.69, 9.17) is 26.8 Å². The molecule has 1 aromatic heterocycles. The van der Waals surface area contributed by atoms with E-state index < -0.39 is 0 Å². The van der Waals surface area contributed by atoms with Gasteiger partial charge in [-0.2, -0.15) is 5.10 Å². The van der Waals surface area contributed by atoms with Gasteiger partial charge in [0.2, 0.25) is 0 Å². The molecule has 2 aromatic carbocycles. The van der Waals surface area contributed by atoms with Gasteiger partial charge in [-0.15, -0.1) is 0 Å². The Labute approximate surface area is 228 Å². The highest BCUT2D eigenvalue weighted by atomic mass is 32.2. The predicted molar refractivity (Wildman–Crippen MR) is 155 cm³/mol. The lowest BCUT2D eigenvalue weighted by atomic mass is 9.99. The van der Waals surface area contributed by atoms with Gasteiger partial charge in [0.05, 0.1) is 24.8 Å². The zero-order valence-electron chi connectivity index (χ0n) is 21.8. The van der Waals surface area contributed by atoms with Crippen LogP contribution in [0.25, 0.3) is 23.0 Å².